The van der Waals surface area contributed by atoms with Gasteiger partial charge in [0.25, 0.3) is 0 Å². The van der Waals surface area contributed by atoms with E-state index in [4.69, 9.17) is 33.0 Å². The molecule has 0 atom stereocenters. The predicted molar refractivity (Wildman–Crippen MR) is 124 cm³/mol. The van der Waals surface area contributed by atoms with E-state index in [1.165, 1.54) is 6.33 Å². The number of nitrogens with zero attached hydrogens (tertiary/aromatic N) is 4. The van der Waals surface area contributed by atoms with Crippen LogP contribution in [0.5, 0.6) is 0 Å². The maximum Gasteiger partial charge on any atom is 0.335 e. The van der Waals surface area contributed by atoms with Crippen LogP contribution in [-0.2, 0) is 9.63 Å². The van der Waals surface area contributed by atoms with Crippen LogP contribution in [0.3, 0.4) is 0 Å². The number of carbonyl (C=O) groups is 1. The van der Waals surface area contributed by atoms with Gasteiger partial charge in [0, 0.05) is 16.3 Å². The molecule has 0 aliphatic heterocycles. The molecule has 1 fully saturated rings. The van der Waals surface area contributed by atoms with Crippen molar-refractivity contribution in [3.8, 4) is 17.1 Å². The lowest BCUT2D eigenvalue weighted by Crippen LogP contribution is -2.18. The second-order valence-electron chi connectivity index (χ2n) is 7.63. The number of anilines is 1. The van der Waals surface area contributed by atoms with Crippen LogP contribution in [0.15, 0.2) is 54.9 Å². The summed E-state index contributed by atoms with van der Waals surface area (Å²) in [5.41, 5.74) is 5.23. The number of rotatable bonds is 5. The number of fused-ring (bicyclic) bond motifs is 1. The molecule has 0 spiro atoms. The van der Waals surface area contributed by atoms with Gasteiger partial charge in [-0.15, -0.1) is 0 Å². The quantitative estimate of drug-likeness (QED) is 0.370. The van der Waals surface area contributed by atoms with E-state index in [1.54, 1.807) is 18.2 Å². The smallest absolute Gasteiger partial charge is 0.335 e. The number of carbonyl (C=O) groups excluding carboxylic acids is 1. The lowest BCUT2D eigenvalue weighted by molar-refractivity contribution is -0.145. The fourth-order valence-corrected chi connectivity index (χ4v) is 4.31. The Morgan fingerprint density at radius 2 is 1.78 bits per heavy atom. The topological polar surface area (TPSA) is 81.9 Å². The number of halogens is 2. The molecule has 4 aromatic rings. The van der Waals surface area contributed by atoms with Gasteiger partial charge >= 0.3 is 5.97 Å². The molecule has 0 radical (unpaired) electrons. The van der Waals surface area contributed by atoms with Crippen molar-refractivity contribution < 1.29 is 9.63 Å². The van der Waals surface area contributed by atoms with Gasteiger partial charge in [0.1, 0.15) is 12.2 Å². The second-order valence-corrected chi connectivity index (χ2v) is 8.47. The molecule has 2 heterocycles. The minimum Gasteiger partial charge on any atom is -0.342 e. The van der Waals surface area contributed by atoms with Gasteiger partial charge in [0.05, 0.1) is 10.9 Å². The van der Waals surface area contributed by atoms with Crippen LogP contribution < -0.4 is 5.48 Å². The SMILES string of the molecule is O=C(ONc1ncnc2c1nc(-c1ccccc1Cl)n2-c1ccc(Cl)cc1)C1CCCC1. The zero-order chi connectivity index (χ0) is 22.1. The Hall–Kier alpha value is -3.16. The molecule has 1 aliphatic carbocycles. The van der Waals surface area contributed by atoms with E-state index in [9.17, 15) is 4.79 Å². The van der Waals surface area contributed by atoms with Gasteiger partial charge in [-0.2, -0.15) is 5.48 Å². The van der Waals surface area contributed by atoms with Gasteiger partial charge in [-0.3, -0.25) is 4.57 Å². The highest BCUT2D eigenvalue weighted by atomic mass is 35.5. The maximum atomic E-state index is 12.4. The van der Waals surface area contributed by atoms with E-state index in [1.807, 2.05) is 34.9 Å². The average molecular weight is 468 g/mol. The van der Waals surface area contributed by atoms with Crippen molar-refractivity contribution in [1.29, 1.82) is 0 Å². The normalized spacial score (nSPS) is 14.1. The van der Waals surface area contributed by atoms with Crippen molar-refractivity contribution >= 4 is 46.2 Å². The van der Waals surface area contributed by atoms with Crippen LogP contribution in [-0.4, -0.2) is 25.5 Å². The molecule has 1 N–H and O–H groups in total. The number of nitrogens with one attached hydrogen (secondary N) is 1. The van der Waals surface area contributed by atoms with Gasteiger partial charge in [-0.25, -0.2) is 19.7 Å². The Morgan fingerprint density at radius 1 is 1.03 bits per heavy atom. The minimum atomic E-state index is -0.280. The molecule has 0 bridgehead atoms. The van der Waals surface area contributed by atoms with Crippen molar-refractivity contribution in [2.45, 2.75) is 25.7 Å². The molecule has 5 rings (SSSR count). The Morgan fingerprint density at radius 3 is 2.53 bits per heavy atom. The molecular weight excluding hydrogens is 449 g/mol. The average Bonchev–Trinajstić information content (AvgIpc) is 3.47. The van der Waals surface area contributed by atoms with E-state index in [0.29, 0.717) is 32.9 Å². The van der Waals surface area contributed by atoms with Crippen LogP contribution in [0.4, 0.5) is 5.82 Å². The molecule has 0 amide bonds. The van der Waals surface area contributed by atoms with Crippen molar-refractivity contribution in [2.24, 2.45) is 5.92 Å². The lowest BCUT2D eigenvalue weighted by atomic mass is 10.1. The van der Waals surface area contributed by atoms with Crippen molar-refractivity contribution in [3.05, 3.63) is 64.9 Å². The molecule has 7 nitrogen and oxygen atoms in total. The third kappa shape index (κ3) is 3.89. The standard InChI is InChI=1S/C23H19Cl2N5O2/c24-15-9-11-16(12-10-15)30-21(17-7-3-4-8-18(17)25)28-19-20(26-13-27-22(19)30)29-32-23(31)14-5-1-2-6-14/h3-4,7-14H,1-2,5-6H2,(H,26,27,29). The third-order valence-electron chi connectivity index (χ3n) is 5.58. The number of imidazole rings is 1. The zero-order valence-corrected chi connectivity index (χ0v) is 18.5. The largest absolute Gasteiger partial charge is 0.342 e. The van der Waals surface area contributed by atoms with Gasteiger partial charge in [0.15, 0.2) is 17.0 Å². The summed E-state index contributed by atoms with van der Waals surface area (Å²) in [6.45, 7) is 0. The fourth-order valence-electron chi connectivity index (χ4n) is 3.97. The number of benzene rings is 2. The monoisotopic (exact) mass is 467 g/mol. The van der Waals surface area contributed by atoms with E-state index >= 15 is 0 Å². The van der Waals surface area contributed by atoms with Crippen molar-refractivity contribution in [3.63, 3.8) is 0 Å². The molecule has 2 aromatic carbocycles. The first-order valence-electron chi connectivity index (χ1n) is 10.3. The zero-order valence-electron chi connectivity index (χ0n) is 17.0. The molecule has 2 aromatic heterocycles. The summed E-state index contributed by atoms with van der Waals surface area (Å²) < 4.78 is 1.87. The molecular formula is C23H19Cl2N5O2. The molecule has 32 heavy (non-hydrogen) atoms. The van der Waals surface area contributed by atoms with Crippen LogP contribution in [0.25, 0.3) is 28.2 Å². The third-order valence-corrected chi connectivity index (χ3v) is 6.16. The maximum absolute atomic E-state index is 12.4. The molecule has 9 heteroatoms. The first-order valence-corrected chi connectivity index (χ1v) is 11.1. The van der Waals surface area contributed by atoms with Crippen LogP contribution in [0, 0.1) is 5.92 Å². The summed E-state index contributed by atoms with van der Waals surface area (Å²) in [5.74, 6) is 0.531. The first kappa shape index (κ1) is 20.7. The summed E-state index contributed by atoms with van der Waals surface area (Å²) in [4.78, 5) is 31.2. The predicted octanol–water partition coefficient (Wildman–Crippen LogP) is 5.85. The molecule has 0 unspecified atom stereocenters. The molecule has 162 valence electrons. The van der Waals surface area contributed by atoms with Gasteiger partial charge in [-0.1, -0.05) is 48.2 Å². The van der Waals surface area contributed by atoms with Gasteiger partial charge in [-0.05, 0) is 49.2 Å². The van der Waals surface area contributed by atoms with Crippen LogP contribution >= 0.6 is 23.2 Å². The van der Waals surface area contributed by atoms with Crippen LogP contribution in [0.2, 0.25) is 10.0 Å². The number of hydrogen-bond acceptors (Lipinski definition) is 6. The Labute approximate surface area is 194 Å². The minimum absolute atomic E-state index is 0.0786. The Kier molecular flexibility index (Phi) is 5.68. The van der Waals surface area contributed by atoms with Gasteiger partial charge in [0.2, 0.25) is 0 Å². The Bertz CT molecular complexity index is 1280. The number of hydrogen-bond donors (Lipinski definition) is 1. The van der Waals surface area contributed by atoms with Crippen LogP contribution in [0.1, 0.15) is 25.7 Å². The van der Waals surface area contributed by atoms with Crippen molar-refractivity contribution in [2.75, 3.05) is 5.48 Å². The summed E-state index contributed by atoms with van der Waals surface area (Å²) in [7, 11) is 0. The van der Waals surface area contributed by atoms with E-state index in [-0.39, 0.29) is 11.9 Å². The molecule has 1 saturated carbocycles. The van der Waals surface area contributed by atoms with Crippen molar-refractivity contribution in [1.82, 2.24) is 19.5 Å². The van der Waals surface area contributed by atoms with E-state index in [0.717, 1.165) is 36.9 Å². The second kappa shape index (κ2) is 8.76. The van der Waals surface area contributed by atoms with Gasteiger partial charge < -0.3 is 4.84 Å². The summed E-state index contributed by atoms with van der Waals surface area (Å²) in [6, 6.07) is 14.8. The first-order chi connectivity index (χ1) is 15.6. The molecule has 1 aliphatic rings. The lowest BCUT2D eigenvalue weighted by Gasteiger charge is -2.11. The Balaban J connectivity index is 1.61. The summed E-state index contributed by atoms with van der Waals surface area (Å²) in [6.07, 6.45) is 5.19. The van der Waals surface area contributed by atoms with E-state index < -0.39 is 0 Å². The highest BCUT2D eigenvalue weighted by Gasteiger charge is 2.25. The fraction of sp³-hybridized carbons (Fsp3) is 0.217. The highest BCUT2D eigenvalue weighted by Crippen LogP contribution is 2.34. The highest BCUT2D eigenvalue weighted by molar-refractivity contribution is 6.33. The van der Waals surface area contributed by atoms with E-state index in [2.05, 4.69) is 15.4 Å². The summed E-state index contributed by atoms with van der Waals surface area (Å²) in [5, 5.41) is 1.17. The number of aromatic nitrogens is 4. The summed E-state index contributed by atoms with van der Waals surface area (Å²) >= 11 is 12.6. The molecule has 0 saturated heterocycles.